The zero-order chi connectivity index (χ0) is 36.2. The Hall–Kier alpha value is -4.77. The lowest BCUT2D eigenvalue weighted by molar-refractivity contribution is -0.141. The van der Waals surface area contributed by atoms with E-state index in [0.717, 1.165) is 12.8 Å². The predicted molar refractivity (Wildman–Crippen MR) is 194 cm³/mol. The number of rotatable bonds is 16. The third kappa shape index (κ3) is 10.9. The summed E-state index contributed by atoms with van der Waals surface area (Å²) in [6.45, 7) is 2.81. The molecule has 0 aliphatic heterocycles. The van der Waals surface area contributed by atoms with E-state index >= 15 is 0 Å². The number of unbranched alkanes of at least 4 members (excludes halogenated alkanes) is 1. The van der Waals surface area contributed by atoms with Crippen molar-refractivity contribution in [3.8, 4) is 11.5 Å². The Kier molecular flexibility index (Phi) is 13.9. The molecule has 0 heterocycles. The molecule has 50 heavy (non-hydrogen) atoms. The first-order chi connectivity index (χ1) is 23.9. The van der Waals surface area contributed by atoms with E-state index in [0.29, 0.717) is 29.2 Å². The van der Waals surface area contributed by atoms with Crippen LogP contribution in [0.15, 0.2) is 78.9 Å². The van der Waals surface area contributed by atoms with Gasteiger partial charge in [0.25, 0.3) is 17.7 Å². The van der Waals surface area contributed by atoms with Crippen LogP contribution < -0.4 is 20.7 Å². The standard InChI is InChI=1S/C37H36Cl3N3O7/c1-2-3-15-50-28-19-31(39)33(32(40)20-28)36(47)43-26-10-7-22(8-11-26)16-25(37(48)49)13-14-41-35(46)29-12-9-24(18-30(29)38)34(45)42-21-23-5-4-6-27(44)17-23/h4-12,17-20,25,44H,2-3,13-16,21H2,1H3,(H,41,46)(H,42,45)(H,43,47)(H,48,49). The highest BCUT2D eigenvalue weighted by Gasteiger charge is 2.21. The Morgan fingerprint density at radius 2 is 1.52 bits per heavy atom. The lowest BCUT2D eigenvalue weighted by Gasteiger charge is -2.15. The topological polar surface area (TPSA) is 154 Å². The molecule has 0 saturated carbocycles. The van der Waals surface area contributed by atoms with Crippen molar-refractivity contribution >= 4 is 64.2 Å². The Morgan fingerprint density at radius 3 is 2.16 bits per heavy atom. The Balaban J connectivity index is 1.27. The van der Waals surface area contributed by atoms with Gasteiger partial charge >= 0.3 is 5.97 Å². The zero-order valence-corrected chi connectivity index (χ0v) is 29.4. The van der Waals surface area contributed by atoms with Crippen LogP contribution in [0.1, 0.15) is 68.4 Å². The molecule has 5 N–H and O–H groups in total. The van der Waals surface area contributed by atoms with Crippen molar-refractivity contribution in [2.24, 2.45) is 5.92 Å². The molecule has 0 aromatic heterocycles. The number of hydrogen-bond donors (Lipinski definition) is 5. The summed E-state index contributed by atoms with van der Waals surface area (Å²) in [5.74, 6) is -2.69. The van der Waals surface area contributed by atoms with E-state index in [1.807, 2.05) is 6.92 Å². The fourth-order valence-corrected chi connectivity index (χ4v) is 5.85. The summed E-state index contributed by atoms with van der Waals surface area (Å²) < 4.78 is 5.63. The Labute approximate surface area is 304 Å². The van der Waals surface area contributed by atoms with Gasteiger partial charge in [0.15, 0.2) is 0 Å². The minimum Gasteiger partial charge on any atom is -0.508 e. The SMILES string of the molecule is CCCCOc1cc(Cl)c(C(=O)Nc2ccc(CC(CCNC(=O)c3ccc(C(=O)NCc4cccc(O)c4)cc3Cl)C(=O)O)cc2)c(Cl)c1. The van der Waals surface area contributed by atoms with Gasteiger partial charge in [0, 0.05) is 24.3 Å². The van der Waals surface area contributed by atoms with Gasteiger partial charge in [-0.2, -0.15) is 0 Å². The van der Waals surface area contributed by atoms with Crippen molar-refractivity contribution in [2.75, 3.05) is 18.5 Å². The minimum atomic E-state index is -1.03. The fraction of sp³-hybridized carbons (Fsp3) is 0.243. The van der Waals surface area contributed by atoms with Crippen LogP contribution in [-0.2, 0) is 17.8 Å². The molecular formula is C37H36Cl3N3O7. The second-order valence-corrected chi connectivity index (χ2v) is 12.7. The number of carbonyl (C=O) groups excluding carboxylic acids is 3. The molecule has 4 aromatic rings. The van der Waals surface area contributed by atoms with E-state index in [1.54, 1.807) is 48.5 Å². The molecule has 4 rings (SSSR count). The molecular weight excluding hydrogens is 705 g/mol. The number of aliphatic carboxylic acids is 1. The van der Waals surface area contributed by atoms with Gasteiger partial charge in [-0.15, -0.1) is 0 Å². The second kappa shape index (κ2) is 18.3. The van der Waals surface area contributed by atoms with Crippen LogP contribution in [0.2, 0.25) is 15.1 Å². The van der Waals surface area contributed by atoms with Crippen molar-refractivity contribution in [1.82, 2.24) is 10.6 Å². The summed E-state index contributed by atoms with van der Waals surface area (Å²) in [4.78, 5) is 50.3. The first kappa shape index (κ1) is 38.0. The summed E-state index contributed by atoms with van der Waals surface area (Å²) in [6.07, 6.45) is 2.17. The maximum Gasteiger partial charge on any atom is 0.306 e. The maximum atomic E-state index is 12.9. The van der Waals surface area contributed by atoms with Crippen molar-refractivity contribution in [3.05, 3.63) is 122 Å². The number of carboxylic acid groups (broad SMARTS) is 1. The largest absolute Gasteiger partial charge is 0.508 e. The molecule has 0 saturated heterocycles. The fourth-order valence-electron chi connectivity index (χ4n) is 4.95. The minimum absolute atomic E-state index is 0.0625. The number of phenolic OH excluding ortho intramolecular Hbond substituents is 1. The molecule has 262 valence electrons. The number of carboxylic acids is 1. The smallest absolute Gasteiger partial charge is 0.306 e. The van der Waals surface area contributed by atoms with Crippen LogP contribution >= 0.6 is 34.8 Å². The number of hydrogen-bond acceptors (Lipinski definition) is 6. The molecule has 0 radical (unpaired) electrons. The number of amides is 3. The summed E-state index contributed by atoms with van der Waals surface area (Å²) in [5.41, 5.74) is 2.39. The summed E-state index contributed by atoms with van der Waals surface area (Å²) in [7, 11) is 0. The van der Waals surface area contributed by atoms with Crippen molar-refractivity contribution in [2.45, 2.75) is 39.2 Å². The number of aromatic hydroxyl groups is 1. The van der Waals surface area contributed by atoms with Gasteiger partial charge in [-0.05, 0) is 85.0 Å². The van der Waals surface area contributed by atoms with Gasteiger partial charge in [-0.3, -0.25) is 19.2 Å². The predicted octanol–water partition coefficient (Wildman–Crippen LogP) is 7.78. The monoisotopic (exact) mass is 739 g/mol. The molecule has 0 aliphatic rings. The van der Waals surface area contributed by atoms with Crippen LogP contribution in [0.25, 0.3) is 0 Å². The quantitative estimate of drug-likeness (QED) is 0.0736. The summed E-state index contributed by atoms with van der Waals surface area (Å²) in [6, 6.07) is 20.6. The summed E-state index contributed by atoms with van der Waals surface area (Å²) in [5, 5.41) is 28.0. The van der Waals surface area contributed by atoms with Crippen LogP contribution in [0, 0.1) is 5.92 Å². The van der Waals surface area contributed by atoms with Crippen LogP contribution in [0.5, 0.6) is 11.5 Å². The number of phenols is 1. The Bertz CT molecular complexity index is 1830. The van der Waals surface area contributed by atoms with E-state index in [4.69, 9.17) is 39.5 Å². The van der Waals surface area contributed by atoms with Gasteiger partial charge in [0.1, 0.15) is 11.5 Å². The Morgan fingerprint density at radius 1 is 0.800 bits per heavy atom. The molecule has 13 heteroatoms. The van der Waals surface area contributed by atoms with E-state index in [2.05, 4.69) is 16.0 Å². The molecule has 0 aliphatic carbocycles. The number of nitrogens with one attached hydrogen (secondary N) is 3. The third-order valence-electron chi connectivity index (χ3n) is 7.67. The van der Waals surface area contributed by atoms with Crippen LogP contribution in [-0.4, -0.2) is 47.1 Å². The molecule has 0 spiro atoms. The molecule has 0 bridgehead atoms. The number of ether oxygens (including phenoxy) is 1. The second-order valence-electron chi connectivity index (χ2n) is 11.4. The van der Waals surface area contributed by atoms with Gasteiger partial charge in [0.05, 0.1) is 38.7 Å². The highest BCUT2D eigenvalue weighted by Crippen LogP contribution is 2.31. The number of carbonyl (C=O) groups is 4. The normalized spacial score (nSPS) is 11.4. The average Bonchev–Trinajstić information content (AvgIpc) is 3.07. The lowest BCUT2D eigenvalue weighted by atomic mass is 9.96. The van der Waals surface area contributed by atoms with Gasteiger partial charge in [0.2, 0.25) is 0 Å². The lowest BCUT2D eigenvalue weighted by Crippen LogP contribution is -2.29. The number of benzene rings is 4. The highest BCUT2D eigenvalue weighted by molar-refractivity contribution is 6.40. The molecule has 1 unspecified atom stereocenters. The first-order valence-electron chi connectivity index (χ1n) is 15.8. The maximum absolute atomic E-state index is 12.9. The number of anilines is 1. The van der Waals surface area contributed by atoms with Gasteiger partial charge in [-0.25, -0.2) is 0 Å². The van der Waals surface area contributed by atoms with Crippen molar-refractivity contribution in [3.63, 3.8) is 0 Å². The van der Waals surface area contributed by atoms with E-state index in [9.17, 15) is 29.4 Å². The molecule has 4 aromatic carbocycles. The zero-order valence-electron chi connectivity index (χ0n) is 27.1. The third-order valence-corrected chi connectivity index (χ3v) is 8.58. The average molecular weight is 741 g/mol. The molecule has 10 nitrogen and oxygen atoms in total. The van der Waals surface area contributed by atoms with Gasteiger partial charge < -0.3 is 30.9 Å². The van der Waals surface area contributed by atoms with Crippen molar-refractivity contribution < 1.29 is 34.1 Å². The van der Waals surface area contributed by atoms with Crippen LogP contribution in [0.4, 0.5) is 5.69 Å². The molecule has 3 amide bonds. The first-order valence-corrected chi connectivity index (χ1v) is 17.0. The van der Waals surface area contributed by atoms with Crippen molar-refractivity contribution in [1.29, 1.82) is 0 Å². The van der Waals surface area contributed by atoms with E-state index < -0.39 is 29.6 Å². The van der Waals surface area contributed by atoms with Gasteiger partial charge in [-0.1, -0.05) is 72.4 Å². The number of halogens is 3. The molecule has 0 fully saturated rings. The molecule has 1 atom stereocenters. The van der Waals surface area contributed by atoms with E-state index in [-0.39, 0.29) is 63.4 Å². The van der Waals surface area contributed by atoms with Crippen LogP contribution in [0.3, 0.4) is 0 Å². The van der Waals surface area contributed by atoms with E-state index in [1.165, 1.54) is 30.3 Å². The highest BCUT2D eigenvalue weighted by atomic mass is 35.5. The summed E-state index contributed by atoms with van der Waals surface area (Å²) >= 11 is 19.0.